The van der Waals surface area contributed by atoms with E-state index in [0.717, 1.165) is 10.6 Å². The monoisotopic (exact) mass is 291 g/mol. The van der Waals surface area contributed by atoms with Gasteiger partial charge in [0, 0.05) is 22.7 Å². The lowest BCUT2D eigenvalue weighted by Gasteiger charge is -2.16. The Kier molecular flexibility index (Phi) is 4.88. The van der Waals surface area contributed by atoms with E-state index in [-0.39, 0.29) is 5.91 Å². The number of amides is 1. The molecule has 2 rings (SSSR count). The summed E-state index contributed by atoms with van der Waals surface area (Å²) in [5, 5.41) is 0.706. The Labute approximate surface area is 122 Å². The van der Waals surface area contributed by atoms with E-state index in [4.69, 9.17) is 11.6 Å². The highest BCUT2D eigenvalue weighted by Gasteiger charge is 2.10. The summed E-state index contributed by atoms with van der Waals surface area (Å²) in [6.45, 7) is 0. The Morgan fingerprint density at radius 3 is 2.37 bits per heavy atom. The maximum absolute atomic E-state index is 12.1. The number of rotatable bonds is 4. The average molecular weight is 292 g/mol. The first-order valence-corrected chi connectivity index (χ1v) is 7.23. The quantitative estimate of drug-likeness (QED) is 0.791. The van der Waals surface area contributed by atoms with E-state index in [1.54, 1.807) is 11.9 Å². The molecule has 0 atom stereocenters. The van der Waals surface area contributed by atoms with Crippen LogP contribution < -0.4 is 4.90 Å². The molecule has 19 heavy (non-hydrogen) atoms. The molecule has 0 spiro atoms. The molecular formula is C15H14ClNOS. The number of hydrogen-bond acceptors (Lipinski definition) is 2. The Bertz CT molecular complexity index is 542. The fourth-order valence-electron chi connectivity index (χ4n) is 1.57. The lowest BCUT2D eigenvalue weighted by atomic mass is 10.3. The molecule has 0 unspecified atom stereocenters. The largest absolute Gasteiger partial charge is 0.315 e. The summed E-state index contributed by atoms with van der Waals surface area (Å²) in [5.74, 6) is 0.485. The van der Waals surface area contributed by atoms with Crippen molar-refractivity contribution in [3.63, 3.8) is 0 Å². The van der Waals surface area contributed by atoms with Gasteiger partial charge < -0.3 is 4.90 Å². The molecule has 0 aromatic heterocycles. The smallest absolute Gasteiger partial charge is 0.237 e. The Morgan fingerprint density at radius 1 is 1.11 bits per heavy atom. The zero-order valence-electron chi connectivity index (χ0n) is 10.5. The number of para-hydroxylation sites is 1. The molecule has 0 aliphatic heterocycles. The zero-order chi connectivity index (χ0) is 13.7. The molecule has 0 aliphatic carbocycles. The van der Waals surface area contributed by atoms with Crippen LogP contribution in [0, 0.1) is 0 Å². The van der Waals surface area contributed by atoms with Crippen molar-refractivity contribution in [2.45, 2.75) is 4.90 Å². The second-order valence-electron chi connectivity index (χ2n) is 4.03. The minimum absolute atomic E-state index is 0.0751. The number of halogens is 1. The Balaban J connectivity index is 1.93. The number of nitrogens with zero attached hydrogens (tertiary/aromatic N) is 1. The van der Waals surface area contributed by atoms with Crippen LogP contribution in [-0.2, 0) is 4.79 Å². The summed E-state index contributed by atoms with van der Waals surface area (Å²) in [7, 11) is 1.79. The number of anilines is 1. The molecule has 0 saturated heterocycles. The predicted octanol–water partition coefficient (Wildman–Crippen LogP) is 4.10. The fourth-order valence-corrected chi connectivity index (χ4v) is 2.51. The fraction of sp³-hybridized carbons (Fsp3) is 0.133. The molecular weight excluding hydrogens is 278 g/mol. The summed E-state index contributed by atoms with van der Waals surface area (Å²) in [6.07, 6.45) is 0. The third kappa shape index (κ3) is 4.01. The SMILES string of the molecule is CN(C(=O)CSc1ccc(Cl)cc1)c1ccccc1. The zero-order valence-corrected chi connectivity index (χ0v) is 12.1. The topological polar surface area (TPSA) is 20.3 Å². The van der Waals surface area contributed by atoms with Crippen molar-refractivity contribution in [1.29, 1.82) is 0 Å². The van der Waals surface area contributed by atoms with Crippen LogP contribution >= 0.6 is 23.4 Å². The van der Waals surface area contributed by atoms with Crippen molar-refractivity contribution >= 4 is 35.0 Å². The second-order valence-corrected chi connectivity index (χ2v) is 5.52. The van der Waals surface area contributed by atoms with Crippen LogP contribution in [0.2, 0.25) is 5.02 Å². The third-order valence-electron chi connectivity index (χ3n) is 2.69. The van der Waals surface area contributed by atoms with E-state index in [1.165, 1.54) is 11.8 Å². The van der Waals surface area contributed by atoms with E-state index in [2.05, 4.69) is 0 Å². The first-order chi connectivity index (χ1) is 9.16. The second kappa shape index (κ2) is 6.64. The summed E-state index contributed by atoms with van der Waals surface area (Å²) in [4.78, 5) is 14.8. The van der Waals surface area contributed by atoms with Crippen LogP contribution in [0.15, 0.2) is 59.5 Å². The minimum atomic E-state index is 0.0751. The molecule has 2 aromatic rings. The van der Waals surface area contributed by atoms with Gasteiger partial charge in [-0.25, -0.2) is 0 Å². The van der Waals surface area contributed by atoms with Crippen molar-refractivity contribution in [2.75, 3.05) is 17.7 Å². The molecule has 0 fully saturated rings. The van der Waals surface area contributed by atoms with E-state index in [9.17, 15) is 4.79 Å². The maximum Gasteiger partial charge on any atom is 0.237 e. The van der Waals surface area contributed by atoms with Gasteiger partial charge >= 0.3 is 0 Å². The van der Waals surface area contributed by atoms with E-state index in [1.807, 2.05) is 54.6 Å². The van der Waals surface area contributed by atoms with Crippen LogP contribution in [0.1, 0.15) is 0 Å². The van der Waals surface area contributed by atoms with Gasteiger partial charge in [0.25, 0.3) is 0 Å². The van der Waals surface area contributed by atoms with Gasteiger partial charge in [-0.1, -0.05) is 29.8 Å². The molecule has 2 aromatic carbocycles. The first-order valence-electron chi connectivity index (χ1n) is 5.87. The van der Waals surface area contributed by atoms with Crippen LogP contribution in [-0.4, -0.2) is 18.7 Å². The van der Waals surface area contributed by atoms with Crippen LogP contribution in [0.25, 0.3) is 0 Å². The molecule has 2 nitrogen and oxygen atoms in total. The van der Waals surface area contributed by atoms with Gasteiger partial charge in [-0.05, 0) is 36.4 Å². The number of thioether (sulfide) groups is 1. The van der Waals surface area contributed by atoms with Gasteiger partial charge in [-0.2, -0.15) is 0 Å². The van der Waals surface area contributed by atoms with E-state index >= 15 is 0 Å². The molecule has 0 heterocycles. The highest BCUT2D eigenvalue weighted by Crippen LogP contribution is 2.21. The van der Waals surface area contributed by atoms with Crippen LogP contribution in [0.5, 0.6) is 0 Å². The van der Waals surface area contributed by atoms with Gasteiger partial charge in [0.05, 0.1) is 5.75 Å². The summed E-state index contributed by atoms with van der Waals surface area (Å²) >= 11 is 7.33. The predicted molar refractivity (Wildman–Crippen MR) is 82.0 cm³/mol. The molecule has 4 heteroatoms. The molecule has 0 radical (unpaired) electrons. The molecule has 0 N–H and O–H groups in total. The first kappa shape index (κ1) is 14.0. The van der Waals surface area contributed by atoms with Crippen molar-refractivity contribution in [3.05, 3.63) is 59.6 Å². The van der Waals surface area contributed by atoms with Gasteiger partial charge in [0.1, 0.15) is 0 Å². The normalized spacial score (nSPS) is 10.2. The maximum atomic E-state index is 12.1. The van der Waals surface area contributed by atoms with Gasteiger partial charge in [0.15, 0.2) is 0 Å². The van der Waals surface area contributed by atoms with Crippen molar-refractivity contribution in [2.24, 2.45) is 0 Å². The van der Waals surface area contributed by atoms with Gasteiger partial charge in [0.2, 0.25) is 5.91 Å². The van der Waals surface area contributed by atoms with Crippen LogP contribution in [0.3, 0.4) is 0 Å². The van der Waals surface area contributed by atoms with Gasteiger partial charge in [-0.3, -0.25) is 4.79 Å². The highest BCUT2D eigenvalue weighted by atomic mass is 35.5. The Hall–Kier alpha value is -1.45. The summed E-state index contributed by atoms with van der Waals surface area (Å²) in [5.41, 5.74) is 0.907. The van der Waals surface area contributed by atoms with Crippen LogP contribution in [0.4, 0.5) is 5.69 Å². The summed E-state index contributed by atoms with van der Waals surface area (Å²) < 4.78 is 0. The molecule has 0 bridgehead atoms. The molecule has 0 aliphatic rings. The van der Waals surface area contributed by atoms with Crippen molar-refractivity contribution < 1.29 is 4.79 Å². The highest BCUT2D eigenvalue weighted by molar-refractivity contribution is 8.00. The van der Waals surface area contributed by atoms with Crippen molar-refractivity contribution in [3.8, 4) is 0 Å². The molecule has 0 saturated carbocycles. The third-order valence-corrected chi connectivity index (χ3v) is 3.94. The average Bonchev–Trinajstić information content (AvgIpc) is 2.46. The molecule has 98 valence electrons. The number of hydrogen-bond donors (Lipinski definition) is 0. The Morgan fingerprint density at radius 2 is 1.74 bits per heavy atom. The minimum Gasteiger partial charge on any atom is -0.315 e. The lowest BCUT2D eigenvalue weighted by Crippen LogP contribution is -2.27. The van der Waals surface area contributed by atoms with E-state index < -0.39 is 0 Å². The number of benzene rings is 2. The summed E-state index contributed by atoms with van der Waals surface area (Å²) in [6, 6.07) is 17.1. The van der Waals surface area contributed by atoms with Crippen molar-refractivity contribution in [1.82, 2.24) is 0 Å². The molecule has 1 amide bonds. The number of carbonyl (C=O) groups excluding carboxylic acids is 1. The van der Waals surface area contributed by atoms with E-state index in [0.29, 0.717) is 10.8 Å². The van der Waals surface area contributed by atoms with Gasteiger partial charge in [-0.15, -0.1) is 11.8 Å². The lowest BCUT2D eigenvalue weighted by molar-refractivity contribution is -0.115. The standard InChI is InChI=1S/C15H14ClNOS/c1-17(13-5-3-2-4-6-13)15(18)11-19-14-9-7-12(16)8-10-14/h2-10H,11H2,1H3. The number of carbonyl (C=O) groups is 1.